The maximum atomic E-state index is 12.8. The minimum atomic E-state index is -0.507. The van der Waals surface area contributed by atoms with Crippen LogP contribution >= 0.6 is 11.8 Å². The summed E-state index contributed by atoms with van der Waals surface area (Å²) in [6.07, 6.45) is 3.58. The molecule has 162 valence electrons. The van der Waals surface area contributed by atoms with Crippen molar-refractivity contribution in [2.75, 3.05) is 7.11 Å². The lowest BCUT2D eigenvalue weighted by molar-refractivity contribution is -0.384. The fourth-order valence-electron chi connectivity index (χ4n) is 3.44. The molecule has 2 amide bonds. The van der Waals surface area contributed by atoms with Crippen LogP contribution in [0, 0.1) is 17.0 Å². The normalized spacial score (nSPS) is 14.9. The van der Waals surface area contributed by atoms with Gasteiger partial charge in [0.05, 0.1) is 23.5 Å². The first-order valence-corrected chi connectivity index (χ1v) is 10.5. The van der Waals surface area contributed by atoms with Gasteiger partial charge in [-0.15, -0.1) is 0 Å². The molecule has 1 aliphatic rings. The van der Waals surface area contributed by atoms with Crippen molar-refractivity contribution in [3.8, 4) is 11.4 Å². The third-order valence-corrected chi connectivity index (χ3v) is 5.93. The van der Waals surface area contributed by atoms with E-state index < -0.39 is 16.1 Å². The maximum Gasteiger partial charge on any atom is 0.293 e. The standard InChI is InChI=1S/C23H19N3O5S/c1-15-10-17(14-24(15)18-6-8-20(31-2)9-7-18)12-21-22(27)25(23(28)32-21)13-16-4-3-5-19(11-16)26(29)30/h3-12,14H,13H2,1-2H3/b21-12+. The number of aryl methyl sites for hydroxylation is 1. The van der Waals surface area contributed by atoms with E-state index in [1.54, 1.807) is 19.3 Å². The quantitative estimate of drug-likeness (QED) is 0.301. The van der Waals surface area contributed by atoms with Crippen LogP contribution in [0.2, 0.25) is 0 Å². The number of methoxy groups -OCH3 is 1. The van der Waals surface area contributed by atoms with Gasteiger partial charge in [0.25, 0.3) is 16.8 Å². The van der Waals surface area contributed by atoms with Crippen molar-refractivity contribution in [3.05, 3.63) is 92.6 Å². The van der Waals surface area contributed by atoms with Crippen LogP contribution in [0.5, 0.6) is 5.75 Å². The summed E-state index contributed by atoms with van der Waals surface area (Å²) < 4.78 is 7.18. The predicted octanol–water partition coefficient (Wildman–Crippen LogP) is 4.94. The highest BCUT2D eigenvalue weighted by Crippen LogP contribution is 2.34. The first-order valence-electron chi connectivity index (χ1n) is 9.68. The van der Waals surface area contributed by atoms with Crippen molar-refractivity contribution in [1.29, 1.82) is 0 Å². The van der Waals surface area contributed by atoms with Crippen LogP contribution in [0.25, 0.3) is 11.8 Å². The van der Waals surface area contributed by atoms with Crippen LogP contribution in [-0.2, 0) is 11.3 Å². The molecule has 32 heavy (non-hydrogen) atoms. The largest absolute Gasteiger partial charge is 0.497 e. The zero-order valence-corrected chi connectivity index (χ0v) is 18.2. The number of carbonyl (C=O) groups is 2. The smallest absolute Gasteiger partial charge is 0.293 e. The Morgan fingerprint density at radius 2 is 1.88 bits per heavy atom. The van der Waals surface area contributed by atoms with Gasteiger partial charge in [0, 0.05) is 29.7 Å². The molecular formula is C23H19N3O5S. The molecule has 0 atom stereocenters. The molecule has 9 heteroatoms. The van der Waals surface area contributed by atoms with E-state index in [4.69, 9.17) is 4.74 Å². The number of rotatable bonds is 6. The molecule has 8 nitrogen and oxygen atoms in total. The van der Waals surface area contributed by atoms with Crippen LogP contribution in [0.4, 0.5) is 10.5 Å². The molecule has 1 aromatic heterocycles. The van der Waals surface area contributed by atoms with E-state index in [1.807, 2.05) is 48.0 Å². The summed E-state index contributed by atoms with van der Waals surface area (Å²) in [6, 6.07) is 15.5. The highest BCUT2D eigenvalue weighted by atomic mass is 32.2. The molecule has 0 saturated carbocycles. The van der Waals surface area contributed by atoms with Gasteiger partial charge in [-0.1, -0.05) is 12.1 Å². The average molecular weight is 449 g/mol. The summed E-state index contributed by atoms with van der Waals surface area (Å²) in [4.78, 5) is 37.2. The summed E-state index contributed by atoms with van der Waals surface area (Å²) >= 11 is 0.861. The third kappa shape index (κ3) is 4.28. The number of nitro benzene ring substituents is 1. The lowest BCUT2D eigenvalue weighted by Crippen LogP contribution is -2.27. The molecule has 1 saturated heterocycles. The lowest BCUT2D eigenvalue weighted by atomic mass is 10.2. The van der Waals surface area contributed by atoms with Crippen LogP contribution in [0.3, 0.4) is 0 Å². The number of thioether (sulfide) groups is 1. The Balaban J connectivity index is 1.55. The van der Waals surface area contributed by atoms with Gasteiger partial charge in [0.1, 0.15) is 5.75 Å². The topological polar surface area (TPSA) is 94.7 Å². The first kappa shape index (κ1) is 21.4. The minimum Gasteiger partial charge on any atom is -0.497 e. The minimum absolute atomic E-state index is 0.0183. The van der Waals surface area contributed by atoms with Crippen LogP contribution < -0.4 is 4.74 Å². The van der Waals surface area contributed by atoms with Gasteiger partial charge in [-0.2, -0.15) is 0 Å². The number of hydrogen-bond acceptors (Lipinski definition) is 6. The average Bonchev–Trinajstić information content (AvgIpc) is 3.28. The summed E-state index contributed by atoms with van der Waals surface area (Å²) in [5, 5.41) is 10.6. The molecule has 0 spiro atoms. The van der Waals surface area contributed by atoms with Gasteiger partial charge >= 0.3 is 0 Å². The summed E-state index contributed by atoms with van der Waals surface area (Å²) in [7, 11) is 1.61. The molecule has 2 aromatic carbocycles. The van der Waals surface area contributed by atoms with Crippen molar-refractivity contribution in [3.63, 3.8) is 0 Å². The van der Waals surface area contributed by atoms with Crippen LogP contribution in [0.1, 0.15) is 16.8 Å². The molecule has 0 radical (unpaired) electrons. The van der Waals surface area contributed by atoms with E-state index >= 15 is 0 Å². The van der Waals surface area contributed by atoms with Crippen molar-refractivity contribution in [2.24, 2.45) is 0 Å². The van der Waals surface area contributed by atoms with E-state index in [0.717, 1.165) is 39.4 Å². The number of aromatic nitrogens is 1. The zero-order valence-electron chi connectivity index (χ0n) is 17.3. The Morgan fingerprint density at radius 3 is 2.56 bits per heavy atom. The number of non-ortho nitro benzene ring substituents is 1. The molecular weight excluding hydrogens is 430 g/mol. The Labute approximate surface area is 188 Å². The summed E-state index contributed by atoms with van der Waals surface area (Å²) in [6.45, 7) is 1.94. The van der Waals surface area contributed by atoms with Crippen LogP contribution in [-0.4, -0.2) is 32.6 Å². The molecule has 0 N–H and O–H groups in total. The fourth-order valence-corrected chi connectivity index (χ4v) is 4.28. The Bertz CT molecular complexity index is 1250. The molecule has 1 aliphatic heterocycles. The van der Waals surface area contributed by atoms with Gasteiger partial charge < -0.3 is 9.30 Å². The number of carbonyl (C=O) groups excluding carboxylic acids is 2. The van der Waals surface area contributed by atoms with E-state index in [0.29, 0.717) is 10.5 Å². The Morgan fingerprint density at radius 1 is 1.12 bits per heavy atom. The molecule has 0 unspecified atom stereocenters. The van der Waals surface area contributed by atoms with Crippen molar-refractivity contribution >= 4 is 34.7 Å². The van der Waals surface area contributed by atoms with Crippen molar-refractivity contribution < 1.29 is 19.2 Å². The molecule has 1 fully saturated rings. The number of hydrogen-bond donors (Lipinski definition) is 0. The van der Waals surface area contributed by atoms with E-state index in [-0.39, 0.29) is 12.2 Å². The molecule has 3 aromatic rings. The van der Waals surface area contributed by atoms with Gasteiger partial charge in [-0.05, 0) is 66.2 Å². The fraction of sp³-hybridized carbons (Fsp3) is 0.130. The Hall–Kier alpha value is -3.85. The van der Waals surface area contributed by atoms with Gasteiger partial charge in [-0.25, -0.2) is 0 Å². The third-order valence-electron chi connectivity index (χ3n) is 5.02. The summed E-state index contributed by atoms with van der Waals surface area (Å²) in [5.41, 5.74) is 3.14. The highest BCUT2D eigenvalue weighted by Gasteiger charge is 2.35. The number of ether oxygens (including phenoxy) is 1. The number of benzene rings is 2. The highest BCUT2D eigenvalue weighted by molar-refractivity contribution is 8.18. The number of nitro groups is 1. The van der Waals surface area contributed by atoms with E-state index in [1.165, 1.54) is 18.2 Å². The van der Waals surface area contributed by atoms with Gasteiger partial charge in [0.2, 0.25) is 0 Å². The monoisotopic (exact) mass is 449 g/mol. The Kier molecular flexibility index (Phi) is 5.83. The second kappa shape index (κ2) is 8.72. The maximum absolute atomic E-state index is 12.8. The lowest BCUT2D eigenvalue weighted by Gasteiger charge is -2.12. The number of nitrogens with zero attached hydrogens (tertiary/aromatic N) is 3. The molecule has 0 bridgehead atoms. The second-order valence-electron chi connectivity index (χ2n) is 7.18. The zero-order chi connectivity index (χ0) is 22.8. The van der Waals surface area contributed by atoms with E-state index in [9.17, 15) is 19.7 Å². The van der Waals surface area contributed by atoms with Crippen LogP contribution in [0.15, 0.2) is 65.7 Å². The molecule has 2 heterocycles. The summed E-state index contributed by atoms with van der Waals surface area (Å²) in [5.74, 6) is 0.345. The van der Waals surface area contributed by atoms with E-state index in [2.05, 4.69) is 0 Å². The number of amides is 2. The molecule has 4 rings (SSSR count). The second-order valence-corrected chi connectivity index (χ2v) is 8.17. The first-order chi connectivity index (χ1) is 15.4. The molecule has 0 aliphatic carbocycles. The predicted molar refractivity (Wildman–Crippen MR) is 122 cm³/mol. The van der Waals surface area contributed by atoms with Crippen molar-refractivity contribution in [1.82, 2.24) is 9.47 Å². The SMILES string of the molecule is COc1ccc(-n2cc(/C=C3/SC(=O)N(Cc4cccc([N+](=O)[O-])c4)C3=O)cc2C)cc1. The van der Waals surface area contributed by atoms with Crippen molar-refractivity contribution in [2.45, 2.75) is 13.5 Å². The van der Waals surface area contributed by atoms with Gasteiger partial charge in [0.15, 0.2) is 0 Å². The van der Waals surface area contributed by atoms with Gasteiger partial charge in [-0.3, -0.25) is 24.6 Å². The number of imide groups is 1.